The third-order valence-electron chi connectivity index (χ3n) is 4.92. The summed E-state index contributed by atoms with van der Waals surface area (Å²) in [5, 5.41) is 9.75. The predicted octanol–water partition coefficient (Wildman–Crippen LogP) is 5.89. The number of hydrogen-bond donors (Lipinski definition) is 0. The van der Waals surface area contributed by atoms with Gasteiger partial charge in [-0.25, -0.2) is 4.98 Å². The highest BCUT2D eigenvalue weighted by Gasteiger charge is 2.17. The van der Waals surface area contributed by atoms with E-state index < -0.39 is 0 Å². The van der Waals surface area contributed by atoms with Crippen molar-refractivity contribution in [3.63, 3.8) is 0 Å². The van der Waals surface area contributed by atoms with Crippen LogP contribution < -0.4 is 4.74 Å². The van der Waals surface area contributed by atoms with E-state index in [1.807, 2.05) is 84.9 Å². The minimum Gasteiger partial charge on any atom is -0.497 e. The van der Waals surface area contributed by atoms with Crippen LogP contribution in [0.3, 0.4) is 0 Å². The van der Waals surface area contributed by atoms with Crippen molar-refractivity contribution >= 4 is 11.8 Å². The zero-order chi connectivity index (χ0) is 21.8. The molecule has 0 spiro atoms. The number of ether oxygens (including phenoxy) is 1. The highest BCUT2D eigenvalue weighted by molar-refractivity contribution is 7.98. The summed E-state index contributed by atoms with van der Waals surface area (Å²) in [4.78, 5) is 4.62. The Morgan fingerprint density at radius 1 is 0.844 bits per heavy atom. The van der Waals surface area contributed by atoms with Gasteiger partial charge in [0.05, 0.1) is 12.8 Å². The molecule has 0 unspecified atom stereocenters. The van der Waals surface area contributed by atoms with Crippen LogP contribution in [0.5, 0.6) is 5.75 Å². The molecule has 0 bridgehead atoms. The number of nitrogens with zero attached hydrogens (tertiary/aromatic N) is 4. The molecule has 6 nitrogen and oxygen atoms in total. The van der Waals surface area contributed by atoms with Gasteiger partial charge >= 0.3 is 0 Å². The van der Waals surface area contributed by atoms with Crippen molar-refractivity contribution in [2.24, 2.45) is 0 Å². The average Bonchev–Trinajstić information content (AvgIpc) is 3.51. The molecule has 0 atom stereocenters. The Bertz CT molecular complexity index is 1300. The van der Waals surface area contributed by atoms with Gasteiger partial charge in [0, 0.05) is 22.6 Å². The Morgan fingerprint density at radius 2 is 1.56 bits per heavy atom. The van der Waals surface area contributed by atoms with Gasteiger partial charge in [-0.15, -0.1) is 10.2 Å². The van der Waals surface area contributed by atoms with Crippen molar-refractivity contribution in [2.75, 3.05) is 7.11 Å². The fraction of sp³-hybridized carbons (Fsp3) is 0.0800. The molecule has 2 aromatic heterocycles. The van der Waals surface area contributed by atoms with E-state index in [1.54, 1.807) is 25.1 Å². The van der Waals surface area contributed by atoms with E-state index in [1.165, 1.54) is 0 Å². The maximum Gasteiger partial charge on any atom is 0.226 e. The SMILES string of the molecule is COc1ccc(-c2nnc(SCc3coc(-c4ccccc4)n3)n2-c2ccccc2)cc1. The summed E-state index contributed by atoms with van der Waals surface area (Å²) >= 11 is 1.57. The maximum absolute atomic E-state index is 5.67. The summed E-state index contributed by atoms with van der Waals surface area (Å²) < 4.78 is 13.0. The van der Waals surface area contributed by atoms with Crippen LogP contribution in [-0.4, -0.2) is 26.9 Å². The number of thioether (sulfide) groups is 1. The normalized spacial score (nSPS) is 10.9. The van der Waals surface area contributed by atoms with Gasteiger partial charge in [-0.3, -0.25) is 4.57 Å². The summed E-state index contributed by atoms with van der Waals surface area (Å²) in [5.74, 6) is 2.80. The number of rotatable bonds is 7. The van der Waals surface area contributed by atoms with Crippen molar-refractivity contribution in [3.05, 3.63) is 96.9 Å². The van der Waals surface area contributed by atoms with E-state index >= 15 is 0 Å². The number of oxazole rings is 1. The van der Waals surface area contributed by atoms with Gasteiger partial charge in [0.15, 0.2) is 11.0 Å². The zero-order valence-corrected chi connectivity index (χ0v) is 18.2. The number of para-hydroxylation sites is 1. The van der Waals surface area contributed by atoms with Crippen molar-refractivity contribution < 1.29 is 9.15 Å². The van der Waals surface area contributed by atoms with Crippen molar-refractivity contribution in [3.8, 4) is 34.3 Å². The van der Waals surface area contributed by atoms with Crippen LogP contribution in [0, 0.1) is 0 Å². The molecule has 0 saturated heterocycles. The van der Waals surface area contributed by atoms with Gasteiger partial charge in [-0.1, -0.05) is 48.2 Å². The van der Waals surface area contributed by atoms with E-state index in [-0.39, 0.29) is 0 Å². The molecule has 32 heavy (non-hydrogen) atoms. The van der Waals surface area contributed by atoms with Crippen molar-refractivity contribution in [1.29, 1.82) is 0 Å². The molecule has 5 rings (SSSR count). The van der Waals surface area contributed by atoms with Crippen molar-refractivity contribution in [1.82, 2.24) is 19.7 Å². The smallest absolute Gasteiger partial charge is 0.226 e. The molecule has 158 valence electrons. The maximum atomic E-state index is 5.67. The van der Waals surface area contributed by atoms with Crippen LogP contribution in [0.1, 0.15) is 5.69 Å². The van der Waals surface area contributed by atoms with E-state index in [4.69, 9.17) is 9.15 Å². The molecule has 0 aliphatic carbocycles. The zero-order valence-electron chi connectivity index (χ0n) is 17.4. The minimum atomic E-state index is 0.615. The number of methoxy groups -OCH3 is 1. The molecule has 0 radical (unpaired) electrons. The molecule has 2 heterocycles. The fourth-order valence-corrected chi connectivity index (χ4v) is 4.15. The first-order valence-electron chi connectivity index (χ1n) is 10.1. The van der Waals surface area contributed by atoms with Gasteiger partial charge < -0.3 is 9.15 Å². The lowest BCUT2D eigenvalue weighted by Gasteiger charge is -2.10. The average molecular weight is 441 g/mol. The molecule has 0 aliphatic rings. The Morgan fingerprint density at radius 3 is 2.28 bits per heavy atom. The minimum absolute atomic E-state index is 0.615. The lowest BCUT2D eigenvalue weighted by Crippen LogP contribution is -1.99. The second-order valence-corrected chi connectivity index (χ2v) is 7.95. The first kappa shape index (κ1) is 20.1. The Hall–Kier alpha value is -3.84. The van der Waals surface area contributed by atoms with Gasteiger partial charge in [0.1, 0.15) is 12.0 Å². The molecular weight excluding hydrogens is 420 g/mol. The van der Waals surface area contributed by atoms with Gasteiger partial charge in [0.2, 0.25) is 5.89 Å². The summed E-state index contributed by atoms with van der Waals surface area (Å²) in [6, 6.07) is 27.8. The highest BCUT2D eigenvalue weighted by atomic mass is 32.2. The molecule has 0 N–H and O–H groups in total. The standard InChI is InChI=1S/C25H20N4O2S/c1-30-22-14-12-18(13-15-22)23-27-28-25(29(23)21-10-6-3-7-11-21)32-17-20-16-31-24(26-20)19-8-4-2-5-9-19/h2-16H,17H2,1H3. The van der Waals surface area contributed by atoms with Crippen LogP contribution >= 0.6 is 11.8 Å². The highest BCUT2D eigenvalue weighted by Crippen LogP contribution is 2.31. The molecule has 7 heteroatoms. The molecule has 0 saturated carbocycles. The van der Waals surface area contributed by atoms with E-state index in [0.717, 1.165) is 39.2 Å². The Balaban J connectivity index is 1.44. The molecule has 5 aromatic rings. The second-order valence-electron chi connectivity index (χ2n) is 7.00. The second kappa shape index (κ2) is 9.11. The van der Waals surface area contributed by atoms with Crippen LogP contribution in [0.4, 0.5) is 0 Å². The number of benzene rings is 3. The monoisotopic (exact) mass is 440 g/mol. The number of hydrogen-bond acceptors (Lipinski definition) is 6. The van der Waals surface area contributed by atoms with Crippen LogP contribution in [0.2, 0.25) is 0 Å². The lowest BCUT2D eigenvalue weighted by atomic mass is 10.2. The van der Waals surface area contributed by atoms with Gasteiger partial charge in [-0.05, 0) is 48.5 Å². The van der Waals surface area contributed by atoms with E-state index in [2.05, 4.69) is 19.7 Å². The quantitative estimate of drug-likeness (QED) is 0.294. The van der Waals surface area contributed by atoms with E-state index in [9.17, 15) is 0 Å². The molecule has 0 amide bonds. The van der Waals surface area contributed by atoms with Crippen LogP contribution in [-0.2, 0) is 5.75 Å². The first-order chi connectivity index (χ1) is 15.8. The molecular formula is C25H20N4O2S. The number of aromatic nitrogens is 4. The molecule has 0 fully saturated rings. The first-order valence-corrected chi connectivity index (χ1v) is 11.1. The summed E-state index contributed by atoms with van der Waals surface area (Å²) in [7, 11) is 1.66. The summed E-state index contributed by atoms with van der Waals surface area (Å²) in [6.45, 7) is 0. The molecule has 3 aromatic carbocycles. The van der Waals surface area contributed by atoms with Crippen LogP contribution in [0.15, 0.2) is 101 Å². The lowest BCUT2D eigenvalue weighted by molar-refractivity contribution is 0.415. The summed E-state index contributed by atoms with van der Waals surface area (Å²) in [6.07, 6.45) is 1.70. The fourth-order valence-electron chi connectivity index (χ4n) is 3.33. The summed E-state index contributed by atoms with van der Waals surface area (Å²) in [5.41, 5.74) is 3.76. The van der Waals surface area contributed by atoms with E-state index in [0.29, 0.717) is 11.6 Å². The van der Waals surface area contributed by atoms with Gasteiger partial charge in [-0.2, -0.15) is 0 Å². The predicted molar refractivity (Wildman–Crippen MR) is 125 cm³/mol. The van der Waals surface area contributed by atoms with Crippen LogP contribution in [0.25, 0.3) is 28.5 Å². The topological polar surface area (TPSA) is 66.0 Å². The largest absolute Gasteiger partial charge is 0.497 e. The van der Waals surface area contributed by atoms with Gasteiger partial charge in [0.25, 0.3) is 0 Å². The van der Waals surface area contributed by atoms with Crippen molar-refractivity contribution in [2.45, 2.75) is 10.9 Å². The third-order valence-corrected chi connectivity index (χ3v) is 5.88. The third kappa shape index (κ3) is 4.15. The Labute approximate surface area is 189 Å². The Kier molecular flexibility index (Phi) is 5.72. The molecule has 0 aliphatic heterocycles.